The minimum atomic E-state index is -0.943. The molecule has 4 rings (SSSR count). The van der Waals surface area contributed by atoms with Crippen LogP contribution in [0.3, 0.4) is 0 Å². The van der Waals surface area contributed by atoms with E-state index in [4.69, 9.17) is 22.1 Å². The zero-order valence-corrected chi connectivity index (χ0v) is 16.7. The lowest BCUT2D eigenvalue weighted by atomic mass is 10.1. The van der Waals surface area contributed by atoms with Gasteiger partial charge in [-0.1, -0.05) is 11.6 Å². The van der Waals surface area contributed by atoms with Crippen LogP contribution in [0.25, 0.3) is 22.2 Å². The average molecular weight is 429 g/mol. The first-order chi connectivity index (χ1) is 14.4. The van der Waals surface area contributed by atoms with Crippen molar-refractivity contribution in [3.05, 3.63) is 65.1 Å². The van der Waals surface area contributed by atoms with E-state index in [1.165, 1.54) is 18.6 Å². The molecular weight excluding hydrogens is 414 g/mol. The number of rotatable bonds is 4. The Morgan fingerprint density at radius 3 is 2.67 bits per heavy atom. The van der Waals surface area contributed by atoms with Gasteiger partial charge in [0, 0.05) is 11.8 Å². The molecule has 0 saturated heterocycles. The van der Waals surface area contributed by atoms with Crippen LogP contribution in [0.15, 0.2) is 36.9 Å². The maximum Gasteiger partial charge on any atom is 0.154 e. The van der Waals surface area contributed by atoms with Gasteiger partial charge in [-0.05, 0) is 32.0 Å². The molecule has 0 amide bonds. The Morgan fingerprint density at radius 2 is 1.90 bits per heavy atom. The van der Waals surface area contributed by atoms with Gasteiger partial charge in [-0.15, -0.1) is 0 Å². The van der Waals surface area contributed by atoms with Gasteiger partial charge < -0.3 is 10.5 Å². The monoisotopic (exact) mass is 428 g/mol. The minimum Gasteiger partial charge on any atom is -0.482 e. The quantitative estimate of drug-likeness (QED) is 0.479. The Bertz CT molecular complexity index is 1270. The second-order valence-electron chi connectivity index (χ2n) is 6.47. The molecule has 30 heavy (non-hydrogen) atoms. The average Bonchev–Trinajstić information content (AvgIpc) is 2.73. The van der Waals surface area contributed by atoms with Crippen molar-refractivity contribution >= 4 is 28.3 Å². The van der Waals surface area contributed by atoms with Gasteiger partial charge in [0.25, 0.3) is 0 Å². The first-order valence-corrected chi connectivity index (χ1v) is 9.24. The normalized spacial score (nSPS) is 12.2. The molecule has 3 heterocycles. The molecule has 0 radical (unpaired) electrons. The van der Waals surface area contributed by atoms with Crippen LogP contribution in [0, 0.1) is 18.6 Å². The molecular formula is C20H15ClF2N6O. The van der Waals surface area contributed by atoms with Crippen molar-refractivity contribution in [2.24, 2.45) is 0 Å². The number of ether oxygens (including phenoxy) is 1. The van der Waals surface area contributed by atoms with Crippen molar-refractivity contribution in [3.8, 4) is 17.0 Å². The van der Waals surface area contributed by atoms with E-state index in [1.807, 2.05) is 0 Å². The molecule has 0 spiro atoms. The fourth-order valence-electron chi connectivity index (χ4n) is 3.02. The van der Waals surface area contributed by atoms with Gasteiger partial charge in [-0.2, -0.15) is 0 Å². The van der Waals surface area contributed by atoms with Crippen LogP contribution < -0.4 is 10.5 Å². The summed E-state index contributed by atoms with van der Waals surface area (Å²) in [4.78, 5) is 20.9. The molecule has 152 valence electrons. The van der Waals surface area contributed by atoms with Gasteiger partial charge in [0.05, 0.1) is 23.0 Å². The summed E-state index contributed by atoms with van der Waals surface area (Å²) >= 11 is 5.72. The lowest BCUT2D eigenvalue weighted by Gasteiger charge is -2.17. The molecule has 1 atom stereocenters. The Hall–Kier alpha value is -3.46. The fourth-order valence-corrected chi connectivity index (χ4v) is 3.18. The Morgan fingerprint density at radius 1 is 1.10 bits per heavy atom. The van der Waals surface area contributed by atoms with Crippen LogP contribution in [-0.2, 0) is 0 Å². The minimum absolute atomic E-state index is 0.0180. The van der Waals surface area contributed by atoms with Gasteiger partial charge in [0.2, 0.25) is 0 Å². The third-order valence-electron chi connectivity index (χ3n) is 4.47. The van der Waals surface area contributed by atoms with Crippen molar-refractivity contribution in [1.82, 2.24) is 24.9 Å². The first kappa shape index (κ1) is 19.8. The van der Waals surface area contributed by atoms with Gasteiger partial charge in [0.1, 0.15) is 40.4 Å². The number of nitrogens with zero attached hydrogens (tertiary/aromatic N) is 5. The van der Waals surface area contributed by atoms with E-state index in [0.717, 1.165) is 6.07 Å². The number of fused-ring (bicyclic) bond motifs is 1. The molecule has 0 aliphatic rings. The number of hydrogen-bond donors (Lipinski definition) is 1. The molecule has 0 unspecified atom stereocenters. The first-order valence-electron chi connectivity index (χ1n) is 8.86. The summed E-state index contributed by atoms with van der Waals surface area (Å²) in [6, 6.07) is 4.03. The summed E-state index contributed by atoms with van der Waals surface area (Å²) in [7, 11) is 0. The highest BCUT2D eigenvalue weighted by Gasteiger charge is 2.21. The van der Waals surface area contributed by atoms with Crippen LogP contribution in [0.2, 0.25) is 5.02 Å². The highest BCUT2D eigenvalue weighted by atomic mass is 35.5. The highest BCUT2D eigenvalue weighted by Crippen LogP contribution is 2.37. The zero-order chi connectivity index (χ0) is 21.4. The molecule has 7 nitrogen and oxygen atoms in total. The second-order valence-corrected chi connectivity index (χ2v) is 6.84. The number of benzene rings is 1. The predicted octanol–water partition coefficient (Wildman–Crippen LogP) is 4.44. The standard InChI is InChI=1S/C20H15ClF2N6O/c1-9(13-5-6-25-10(2)29-13)30-14-7-26-18(19-15(14)20(24)28-8-27-19)11-3-4-12(22)16(21)17(11)23/h3-9H,1-2H3,(H2,24,27,28)/t9-/m0/s1. The van der Waals surface area contributed by atoms with Gasteiger partial charge >= 0.3 is 0 Å². The van der Waals surface area contributed by atoms with Crippen LogP contribution in [-0.4, -0.2) is 24.9 Å². The molecule has 0 bridgehead atoms. The van der Waals surface area contributed by atoms with E-state index >= 15 is 0 Å². The molecule has 0 saturated carbocycles. The SMILES string of the molecule is Cc1nccc([C@H](C)Oc2cnc(-c3ccc(F)c(Cl)c3F)c3ncnc(N)c23)n1. The van der Waals surface area contributed by atoms with E-state index < -0.39 is 22.8 Å². The number of aryl methyl sites for hydroxylation is 1. The van der Waals surface area contributed by atoms with Crippen molar-refractivity contribution in [1.29, 1.82) is 0 Å². The highest BCUT2D eigenvalue weighted by molar-refractivity contribution is 6.31. The van der Waals surface area contributed by atoms with Crippen LogP contribution in [0.4, 0.5) is 14.6 Å². The Balaban J connectivity index is 1.85. The molecule has 1 aromatic carbocycles. The Labute approximate surface area is 175 Å². The smallest absolute Gasteiger partial charge is 0.154 e. The third-order valence-corrected chi connectivity index (χ3v) is 4.81. The summed E-state index contributed by atoms with van der Waals surface area (Å²) in [5.41, 5.74) is 7.09. The molecule has 10 heteroatoms. The lowest BCUT2D eigenvalue weighted by Crippen LogP contribution is -2.08. The van der Waals surface area contributed by atoms with Gasteiger partial charge in [-0.3, -0.25) is 0 Å². The number of hydrogen-bond acceptors (Lipinski definition) is 7. The second kappa shape index (κ2) is 7.75. The maximum atomic E-state index is 14.6. The van der Waals surface area contributed by atoms with Gasteiger partial charge in [0.15, 0.2) is 11.6 Å². The van der Waals surface area contributed by atoms with Crippen LogP contribution >= 0.6 is 11.6 Å². The summed E-state index contributed by atoms with van der Waals surface area (Å²) in [5, 5.41) is -0.280. The molecule has 0 aliphatic heterocycles. The summed E-state index contributed by atoms with van der Waals surface area (Å²) in [5.74, 6) is -0.790. The maximum absolute atomic E-state index is 14.6. The van der Waals surface area contributed by atoms with Crippen molar-refractivity contribution in [2.75, 3.05) is 5.73 Å². The van der Waals surface area contributed by atoms with Crippen LogP contribution in [0.5, 0.6) is 5.75 Å². The number of aromatic nitrogens is 5. The van der Waals surface area contributed by atoms with E-state index in [2.05, 4.69) is 24.9 Å². The number of pyridine rings is 1. The number of anilines is 1. The topological polar surface area (TPSA) is 99.7 Å². The van der Waals surface area contributed by atoms with E-state index in [1.54, 1.807) is 26.1 Å². The number of nitrogen functional groups attached to an aromatic ring is 1. The number of nitrogens with two attached hydrogens (primary N) is 1. The zero-order valence-electron chi connectivity index (χ0n) is 15.9. The summed E-state index contributed by atoms with van der Waals surface area (Å²) in [6.45, 7) is 3.58. The van der Waals surface area contributed by atoms with Crippen molar-refractivity contribution < 1.29 is 13.5 Å². The van der Waals surface area contributed by atoms with E-state index in [0.29, 0.717) is 22.7 Å². The third kappa shape index (κ3) is 3.48. The largest absolute Gasteiger partial charge is 0.482 e. The molecule has 2 N–H and O–H groups in total. The van der Waals surface area contributed by atoms with Gasteiger partial charge in [-0.25, -0.2) is 33.7 Å². The fraction of sp³-hybridized carbons (Fsp3) is 0.150. The summed E-state index contributed by atoms with van der Waals surface area (Å²) in [6.07, 6.45) is 3.79. The van der Waals surface area contributed by atoms with Crippen LogP contribution in [0.1, 0.15) is 24.5 Å². The molecule has 4 aromatic rings. The van der Waals surface area contributed by atoms with E-state index in [9.17, 15) is 8.78 Å². The van der Waals surface area contributed by atoms with E-state index in [-0.39, 0.29) is 22.6 Å². The molecule has 0 fully saturated rings. The molecule has 0 aliphatic carbocycles. The Kier molecular flexibility index (Phi) is 5.13. The summed E-state index contributed by atoms with van der Waals surface area (Å²) < 4.78 is 34.2. The predicted molar refractivity (Wildman–Crippen MR) is 108 cm³/mol. The lowest BCUT2D eigenvalue weighted by molar-refractivity contribution is 0.223. The van der Waals surface area contributed by atoms with Crippen molar-refractivity contribution in [3.63, 3.8) is 0 Å². The van der Waals surface area contributed by atoms with Crippen molar-refractivity contribution in [2.45, 2.75) is 20.0 Å². The number of halogens is 3. The molecule has 3 aromatic heterocycles.